The van der Waals surface area contributed by atoms with Crippen molar-refractivity contribution in [2.75, 3.05) is 30.8 Å². The summed E-state index contributed by atoms with van der Waals surface area (Å²) in [6, 6.07) is 1.72. The van der Waals surface area contributed by atoms with Crippen LogP contribution in [-0.4, -0.2) is 31.3 Å². The second kappa shape index (κ2) is 4.89. The van der Waals surface area contributed by atoms with E-state index in [1.807, 2.05) is 11.9 Å². The van der Waals surface area contributed by atoms with Crippen molar-refractivity contribution >= 4 is 23.1 Å². The average Bonchev–Trinajstić information content (AvgIpc) is 2.70. The zero-order valence-corrected chi connectivity index (χ0v) is 10.1. The van der Waals surface area contributed by atoms with Crippen LogP contribution in [0.2, 0.25) is 5.02 Å². The number of hydrogen-bond acceptors (Lipinski definition) is 4. The molecule has 1 aliphatic heterocycles. The van der Waals surface area contributed by atoms with Crippen molar-refractivity contribution in [3.63, 3.8) is 0 Å². The number of likely N-dealkylation sites (N-methyl/N-ethyl adjacent to an activating group) is 1. The van der Waals surface area contributed by atoms with Gasteiger partial charge in [0, 0.05) is 20.2 Å². The smallest absolute Gasteiger partial charge is 0.147 e. The summed E-state index contributed by atoms with van der Waals surface area (Å²) in [7, 11) is 1.96. The largest absolute Gasteiger partial charge is 0.397 e. The average molecular weight is 242 g/mol. The highest BCUT2D eigenvalue weighted by atomic mass is 35.5. The Balaban J connectivity index is 2.04. The van der Waals surface area contributed by atoms with Crippen LogP contribution in [0.1, 0.15) is 12.8 Å². The molecule has 1 atom stereocenters. The normalized spacial score (nSPS) is 20.0. The van der Waals surface area contributed by atoms with E-state index < -0.39 is 0 Å². The van der Waals surface area contributed by atoms with E-state index in [9.17, 15) is 0 Å². The van der Waals surface area contributed by atoms with Gasteiger partial charge in [0.1, 0.15) is 5.82 Å². The van der Waals surface area contributed by atoms with Gasteiger partial charge >= 0.3 is 0 Å². The zero-order chi connectivity index (χ0) is 11.5. The van der Waals surface area contributed by atoms with E-state index in [-0.39, 0.29) is 0 Å². The van der Waals surface area contributed by atoms with E-state index >= 15 is 0 Å². The highest BCUT2D eigenvalue weighted by Crippen LogP contribution is 2.25. The van der Waals surface area contributed by atoms with Gasteiger partial charge in [-0.3, -0.25) is 0 Å². The number of hydrogen-bond donors (Lipinski definition) is 1. The summed E-state index contributed by atoms with van der Waals surface area (Å²) in [6.45, 7) is 1.68. The van der Waals surface area contributed by atoms with Gasteiger partial charge < -0.3 is 15.4 Å². The van der Waals surface area contributed by atoms with Crippen LogP contribution in [0.25, 0.3) is 0 Å². The van der Waals surface area contributed by atoms with Crippen LogP contribution in [0.5, 0.6) is 0 Å². The molecule has 0 bridgehead atoms. The van der Waals surface area contributed by atoms with Gasteiger partial charge in [0.25, 0.3) is 0 Å². The van der Waals surface area contributed by atoms with Crippen molar-refractivity contribution < 1.29 is 4.74 Å². The van der Waals surface area contributed by atoms with Crippen LogP contribution in [0.15, 0.2) is 12.3 Å². The minimum Gasteiger partial charge on any atom is -0.397 e. The second-order valence-electron chi connectivity index (χ2n) is 4.09. The Morgan fingerprint density at radius 1 is 1.69 bits per heavy atom. The van der Waals surface area contributed by atoms with Crippen molar-refractivity contribution in [3.05, 3.63) is 17.3 Å². The topological polar surface area (TPSA) is 51.4 Å². The first-order chi connectivity index (χ1) is 7.66. The number of nitrogen functional groups attached to an aromatic ring is 1. The molecule has 4 nitrogen and oxygen atoms in total. The quantitative estimate of drug-likeness (QED) is 0.879. The number of anilines is 2. The standard InChI is InChI=1S/C11H16ClN3O/c1-15(7-9-3-2-4-16-9)11-10(12)5-8(13)6-14-11/h5-6,9H,2-4,7,13H2,1H3. The molecular weight excluding hydrogens is 226 g/mol. The van der Waals surface area contributed by atoms with Crippen molar-refractivity contribution in [2.24, 2.45) is 0 Å². The molecule has 0 amide bonds. The summed E-state index contributed by atoms with van der Waals surface area (Å²) >= 11 is 6.08. The number of ether oxygens (including phenoxy) is 1. The van der Waals surface area contributed by atoms with Gasteiger partial charge in [-0.2, -0.15) is 0 Å². The Labute approximate surface area is 100 Å². The molecule has 1 fully saturated rings. The Bertz CT molecular complexity index is 366. The molecule has 1 aromatic heterocycles. The molecule has 0 radical (unpaired) electrons. The molecule has 2 rings (SSSR count). The van der Waals surface area contributed by atoms with Gasteiger partial charge in [0.2, 0.25) is 0 Å². The van der Waals surface area contributed by atoms with E-state index in [0.29, 0.717) is 16.8 Å². The Kier molecular flexibility index (Phi) is 3.51. The molecule has 1 saturated heterocycles. The van der Waals surface area contributed by atoms with Gasteiger partial charge in [-0.05, 0) is 18.9 Å². The summed E-state index contributed by atoms with van der Waals surface area (Å²) in [5.41, 5.74) is 6.18. The van der Waals surface area contributed by atoms with Gasteiger partial charge in [-0.15, -0.1) is 0 Å². The molecule has 0 aliphatic carbocycles. The van der Waals surface area contributed by atoms with Crippen LogP contribution in [0.3, 0.4) is 0 Å². The molecule has 0 aromatic carbocycles. The number of nitrogens with two attached hydrogens (primary N) is 1. The minimum absolute atomic E-state index is 0.292. The van der Waals surface area contributed by atoms with E-state index in [4.69, 9.17) is 22.1 Å². The number of nitrogens with zero attached hydrogens (tertiary/aromatic N) is 2. The predicted molar refractivity (Wildman–Crippen MR) is 65.9 cm³/mol. The lowest BCUT2D eigenvalue weighted by atomic mass is 10.2. The van der Waals surface area contributed by atoms with E-state index in [2.05, 4.69) is 4.98 Å². The number of pyridine rings is 1. The van der Waals surface area contributed by atoms with Crippen LogP contribution in [0, 0.1) is 0 Å². The fraction of sp³-hybridized carbons (Fsp3) is 0.545. The molecule has 1 unspecified atom stereocenters. The van der Waals surface area contributed by atoms with E-state index in [0.717, 1.165) is 31.8 Å². The molecule has 5 heteroatoms. The third-order valence-electron chi connectivity index (χ3n) is 2.71. The van der Waals surface area contributed by atoms with Gasteiger partial charge in [-0.25, -0.2) is 4.98 Å². The SMILES string of the molecule is CN(CC1CCCO1)c1ncc(N)cc1Cl. The summed E-state index contributed by atoms with van der Waals surface area (Å²) in [5.74, 6) is 0.756. The Morgan fingerprint density at radius 3 is 3.12 bits per heavy atom. The number of aromatic nitrogens is 1. The van der Waals surface area contributed by atoms with Crippen LogP contribution >= 0.6 is 11.6 Å². The molecule has 2 heterocycles. The third kappa shape index (κ3) is 2.57. The highest BCUT2D eigenvalue weighted by molar-refractivity contribution is 6.33. The molecule has 88 valence electrons. The van der Waals surface area contributed by atoms with Gasteiger partial charge in [-0.1, -0.05) is 11.6 Å². The van der Waals surface area contributed by atoms with E-state index in [1.54, 1.807) is 12.3 Å². The lowest BCUT2D eigenvalue weighted by Gasteiger charge is -2.22. The Morgan fingerprint density at radius 2 is 2.50 bits per heavy atom. The minimum atomic E-state index is 0.292. The summed E-state index contributed by atoms with van der Waals surface area (Å²) < 4.78 is 5.57. The number of halogens is 1. The molecule has 0 spiro atoms. The van der Waals surface area contributed by atoms with Gasteiger partial charge in [0.15, 0.2) is 0 Å². The maximum absolute atomic E-state index is 6.08. The van der Waals surface area contributed by atoms with Crippen molar-refractivity contribution in [1.82, 2.24) is 4.98 Å². The van der Waals surface area contributed by atoms with Crippen molar-refractivity contribution in [2.45, 2.75) is 18.9 Å². The molecule has 16 heavy (non-hydrogen) atoms. The maximum Gasteiger partial charge on any atom is 0.147 e. The fourth-order valence-electron chi connectivity index (χ4n) is 1.91. The molecule has 2 N–H and O–H groups in total. The molecule has 0 saturated carbocycles. The van der Waals surface area contributed by atoms with Gasteiger partial charge in [0.05, 0.1) is 23.0 Å². The zero-order valence-electron chi connectivity index (χ0n) is 9.32. The first kappa shape index (κ1) is 11.5. The van der Waals surface area contributed by atoms with E-state index in [1.165, 1.54) is 0 Å². The first-order valence-electron chi connectivity index (χ1n) is 5.40. The first-order valence-corrected chi connectivity index (χ1v) is 5.78. The molecular formula is C11H16ClN3O. The third-order valence-corrected chi connectivity index (χ3v) is 2.98. The Hall–Kier alpha value is -1.00. The van der Waals surface area contributed by atoms with Crippen molar-refractivity contribution in [1.29, 1.82) is 0 Å². The number of rotatable bonds is 3. The fourth-order valence-corrected chi connectivity index (χ4v) is 2.23. The molecule has 1 aromatic rings. The summed E-state index contributed by atoms with van der Waals surface area (Å²) in [5, 5.41) is 0.584. The van der Waals surface area contributed by atoms with Crippen LogP contribution in [0.4, 0.5) is 11.5 Å². The second-order valence-corrected chi connectivity index (χ2v) is 4.50. The van der Waals surface area contributed by atoms with Crippen molar-refractivity contribution in [3.8, 4) is 0 Å². The highest BCUT2D eigenvalue weighted by Gasteiger charge is 2.19. The molecule has 1 aliphatic rings. The monoisotopic (exact) mass is 241 g/mol. The summed E-state index contributed by atoms with van der Waals surface area (Å²) in [6.07, 6.45) is 4.16. The van der Waals surface area contributed by atoms with Crippen LogP contribution < -0.4 is 10.6 Å². The predicted octanol–water partition coefficient (Wildman–Crippen LogP) is 1.93. The van der Waals surface area contributed by atoms with Crippen LogP contribution in [-0.2, 0) is 4.74 Å². The lowest BCUT2D eigenvalue weighted by Crippen LogP contribution is -2.29. The summed E-state index contributed by atoms with van der Waals surface area (Å²) in [4.78, 5) is 6.24. The lowest BCUT2D eigenvalue weighted by molar-refractivity contribution is 0.116. The maximum atomic E-state index is 6.08.